The molecule has 4 N–H and O–H groups in total. The summed E-state index contributed by atoms with van der Waals surface area (Å²) in [5.41, 5.74) is 3.93. The molecule has 0 atom stereocenters. The number of nitrogens with zero attached hydrogens (tertiary/aromatic N) is 4. The molecule has 0 aliphatic heterocycles. The zero-order valence-electron chi connectivity index (χ0n) is 15.8. The van der Waals surface area contributed by atoms with Gasteiger partial charge in [-0.05, 0) is 36.4 Å². The third-order valence-corrected chi connectivity index (χ3v) is 4.31. The smallest absolute Gasteiger partial charge is 0.335 e. The van der Waals surface area contributed by atoms with Crippen LogP contribution in [0.15, 0.2) is 54.9 Å². The molecule has 2 aromatic heterocycles. The Balaban J connectivity index is 1.68. The van der Waals surface area contributed by atoms with Crippen molar-refractivity contribution in [2.45, 2.75) is 0 Å². The van der Waals surface area contributed by atoms with Crippen molar-refractivity contribution in [1.82, 2.24) is 19.9 Å². The lowest BCUT2D eigenvalue weighted by Gasteiger charge is -2.18. The molecule has 0 spiro atoms. The largest absolute Gasteiger partial charge is 0.478 e. The minimum atomic E-state index is -0.973. The predicted molar refractivity (Wildman–Crippen MR) is 112 cm³/mol. The van der Waals surface area contributed by atoms with Crippen molar-refractivity contribution in [3.63, 3.8) is 0 Å². The van der Waals surface area contributed by atoms with Gasteiger partial charge in [-0.3, -0.25) is 0 Å². The van der Waals surface area contributed by atoms with Gasteiger partial charge in [0.1, 0.15) is 0 Å². The third kappa shape index (κ3) is 3.79. The Kier molecular flexibility index (Phi) is 4.70. The molecule has 0 amide bonds. The number of carboxylic acids is 1. The van der Waals surface area contributed by atoms with Crippen molar-refractivity contribution in [2.24, 2.45) is 0 Å². The second kappa shape index (κ2) is 7.47. The first kappa shape index (κ1) is 18.2. The van der Waals surface area contributed by atoms with Gasteiger partial charge in [0, 0.05) is 19.8 Å². The molecule has 0 aliphatic rings. The lowest BCUT2D eigenvalue weighted by atomic mass is 10.2. The second-order valence-corrected chi connectivity index (χ2v) is 6.54. The molecule has 0 aliphatic carbocycles. The number of benzene rings is 2. The molecule has 29 heavy (non-hydrogen) atoms. The van der Waals surface area contributed by atoms with Crippen LogP contribution in [0.5, 0.6) is 0 Å². The topological polar surface area (TPSA) is 119 Å². The highest BCUT2D eigenvalue weighted by Crippen LogP contribution is 2.28. The van der Waals surface area contributed by atoms with E-state index in [0.717, 1.165) is 11.4 Å². The van der Waals surface area contributed by atoms with Crippen molar-refractivity contribution in [2.75, 3.05) is 29.6 Å². The van der Waals surface area contributed by atoms with Crippen molar-refractivity contribution >= 4 is 46.0 Å². The van der Waals surface area contributed by atoms with Crippen LogP contribution in [0.3, 0.4) is 0 Å². The minimum absolute atomic E-state index is 0.214. The average Bonchev–Trinajstić information content (AvgIpc) is 3.17. The lowest BCUT2D eigenvalue weighted by molar-refractivity contribution is 0.0697. The van der Waals surface area contributed by atoms with Crippen LogP contribution in [-0.2, 0) is 0 Å². The molecule has 0 saturated heterocycles. The Hall–Kier alpha value is -4.14. The van der Waals surface area contributed by atoms with Crippen LogP contribution < -0.4 is 15.5 Å². The Morgan fingerprint density at radius 3 is 2.52 bits per heavy atom. The zero-order chi connectivity index (χ0) is 20.4. The molecule has 0 saturated carbocycles. The Bertz CT molecular complexity index is 1170. The van der Waals surface area contributed by atoms with Crippen molar-refractivity contribution < 1.29 is 9.90 Å². The first-order valence-corrected chi connectivity index (χ1v) is 8.86. The van der Waals surface area contributed by atoms with E-state index in [4.69, 9.17) is 5.11 Å². The molecule has 0 unspecified atom stereocenters. The number of carboxylic acid groups (broad SMARTS) is 1. The molecule has 2 heterocycles. The van der Waals surface area contributed by atoms with E-state index in [2.05, 4.69) is 30.6 Å². The monoisotopic (exact) mass is 389 g/mol. The minimum Gasteiger partial charge on any atom is -0.478 e. The standard InChI is InChI=1S/C20H19N7O2/c1-27(2)15-6-4-3-5-14(15)24-20-25-17-16(21-11-22-17)18(26-20)23-13-9-7-12(8-10-13)19(28)29/h3-11H,1-2H3,(H,28,29)(H3,21,22,23,24,25,26). The number of carbonyl (C=O) groups is 1. The average molecular weight is 389 g/mol. The molecule has 9 nitrogen and oxygen atoms in total. The van der Waals surface area contributed by atoms with Gasteiger partial charge in [-0.15, -0.1) is 0 Å². The highest BCUT2D eigenvalue weighted by atomic mass is 16.4. The normalized spacial score (nSPS) is 10.7. The summed E-state index contributed by atoms with van der Waals surface area (Å²) < 4.78 is 0. The Labute approximate surface area is 166 Å². The summed E-state index contributed by atoms with van der Waals surface area (Å²) in [7, 11) is 3.93. The van der Waals surface area contributed by atoms with E-state index in [1.165, 1.54) is 12.1 Å². The molecular formula is C20H19N7O2. The van der Waals surface area contributed by atoms with Crippen LogP contribution >= 0.6 is 0 Å². The molecule has 0 radical (unpaired) electrons. The number of anilines is 5. The lowest BCUT2D eigenvalue weighted by Crippen LogP contribution is -2.11. The van der Waals surface area contributed by atoms with Gasteiger partial charge in [0.05, 0.1) is 23.3 Å². The molecule has 9 heteroatoms. The first-order valence-electron chi connectivity index (χ1n) is 8.86. The highest BCUT2D eigenvalue weighted by Gasteiger charge is 2.13. The van der Waals surface area contributed by atoms with Crippen LogP contribution in [0.4, 0.5) is 28.8 Å². The number of fused-ring (bicyclic) bond motifs is 1. The number of aromatic nitrogens is 4. The fourth-order valence-corrected chi connectivity index (χ4v) is 2.90. The van der Waals surface area contributed by atoms with Gasteiger partial charge < -0.3 is 25.6 Å². The van der Waals surface area contributed by atoms with Gasteiger partial charge in [0.2, 0.25) is 5.95 Å². The Morgan fingerprint density at radius 1 is 1.03 bits per heavy atom. The van der Waals surface area contributed by atoms with E-state index in [1.807, 2.05) is 43.3 Å². The summed E-state index contributed by atoms with van der Waals surface area (Å²) >= 11 is 0. The van der Waals surface area contributed by atoms with E-state index in [9.17, 15) is 4.79 Å². The molecule has 4 rings (SSSR count). The maximum atomic E-state index is 11.0. The van der Waals surface area contributed by atoms with E-state index >= 15 is 0 Å². The van der Waals surface area contributed by atoms with Gasteiger partial charge in [0.25, 0.3) is 0 Å². The molecule has 146 valence electrons. The molecule has 0 bridgehead atoms. The number of H-pyrrole nitrogens is 1. The second-order valence-electron chi connectivity index (χ2n) is 6.54. The quantitative estimate of drug-likeness (QED) is 0.395. The molecule has 0 fully saturated rings. The molecule has 4 aromatic rings. The number of hydrogen-bond acceptors (Lipinski definition) is 7. The molecule has 2 aromatic carbocycles. The number of para-hydroxylation sites is 2. The summed E-state index contributed by atoms with van der Waals surface area (Å²) in [6.45, 7) is 0. The summed E-state index contributed by atoms with van der Waals surface area (Å²) in [4.78, 5) is 29.4. The van der Waals surface area contributed by atoms with Crippen LogP contribution in [0.2, 0.25) is 0 Å². The summed E-state index contributed by atoms with van der Waals surface area (Å²) in [5, 5.41) is 15.5. The highest BCUT2D eigenvalue weighted by molar-refractivity contribution is 5.89. The molecular weight excluding hydrogens is 370 g/mol. The first-order chi connectivity index (χ1) is 14.0. The fourth-order valence-electron chi connectivity index (χ4n) is 2.90. The number of hydrogen-bond donors (Lipinski definition) is 4. The van der Waals surface area contributed by atoms with E-state index in [-0.39, 0.29) is 5.56 Å². The van der Waals surface area contributed by atoms with Crippen LogP contribution in [0.25, 0.3) is 11.2 Å². The number of imidazole rings is 1. The maximum Gasteiger partial charge on any atom is 0.335 e. The van der Waals surface area contributed by atoms with Crippen LogP contribution in [0.1, 0.15) is 10.4 Å². The van der Waals surface area contributed by atoms with Crippen molar-refractivity contribution in [3.8, 4) is 0 Å². The van der Waals surface area contributed by atoms with Gasteiger partial charge in [0.15, 0.2) is 17.0 Å². The van der Waals surface area contributed by atoms with Gasteiger partial charge in [-0.1, -0.05) is 12.1 Å². The maximum absolute atomic E-state index is 11.0. The van der Waals surface area contributed by atoms with Gasteiger partial charge >= 0.3 is 5.97 Å². The summed E-state index contributed by atoms with van der Waals surface area (Å²) in [6.07, 6.45) is 1.55. The summed E-state index contributed by atoms with van der Waals surface area (Å²) in [5.74, 6) is -0.0656. The van der Waals surface area contributed by atoms with E-state index < -0.39 is 5.97 Å². The number of aromatic carboxylic acids is 1. The number of aromatic amines is 1. The fraction of sp³-hybridized carbons (Fsp3) is 0.100. The third-order valence-electron chi connectivity index (χ3n) is 4.31. The van der Waals surface area contributed by atoms with Crippen molar-refractivity contribution in [1.29, 1.82) is 0 Å². The SMILES string of the molecule is CN(C)c1ccccc1Nc1nc(Nc2ccc(C(=O)O)cc2)c2nc[nH]c2n1. The van der Waals surface area contributed by atoms with Crippen LogP contribution in [0, 0.1) is 0 Å². The van der Waals surface area contributed by atoms with Crippen molar-refractivity contribution in [3.05, 3.63) is 60.4 Å². The van der Waals surface area contributed by atoms with Gasteiger partial charge in [-0.2, -0.15) is 9.97 Å². The van der Waals surface area contributed by atoms with E-state index in [1.54, 1.807) is 18.5 Å². The predicted octanol–water partition coefficient (Wildman–Crippen LogP) is 3.60. The van der Waals surface area contributed by atoms with Gasteiger partial charge in [-0.25, -0.2) is 9.78 Å². The number of nitrogens with one attached hydrogen (secondary N) is 3. The van der Waals surface area contributed by atoms with E-state index in [0.29, 0.717) is 28.6 Å². The summed E-state index contributed by atoms with van der Waals surface area (Å²) in [6, 6.07) is 14.3. The zero-order valence-corrected chi connectivity index (χ0v) is 15.8. The Morgan fingerprint density at radius 2 is 1.79 bits per heavy atom. The number of rotatable bonds is 6. The van der Waals surface area contributed by atoms with Crippen LogP contribution in [-0.4, -0.2) is 45.1 Å².